The van der Waals surface area contributed by atoms with Gasteiger partial charge in [-0.25, -0.2) is 0 Å². The van der Waals surface area contributed by atoms with Gasteiger partial charge in [0.2, 0.25) is 11.8 Å². The van der Waals surface area contributed by atoms with Crippen LogP contribution in [0.1, 0.15) is 12.8 Å². The summed E-state index contributed by atoms with van der Waals surface area (Å²) in [4.78, 5) is 31.0. The van der Waals surface area contributed by atoms with Crippen molar-refractivity contribution in [1.82, 2.24) is 20.0 Å². The Morgan fingerprint density at radius 1 is 1.13 bits per heavy atom. The van der Waals surface area contributed by atoms with Gasteiger partial charge in [-0.15, -0.1) is 0 Å². The molecule has 0 bridgehead atoms. The lowest BCUT2D eigenvalue weighted by Crippen LogP contribution is -2.42. The molecule has 3 aliphatic rings. The molecular formula is C16H28N4O3. The second-order valence-corrected chi connectivity index (χ2v) is 6.62. The van der Waals surface area contributed by atoms with Gasteiger partial charge in [0.1, 0.15) is 0 Å². The normalized spacial score (nSPS) is 27.3. The predicted molar refractivity (Wildman–Crippen MR) is 86.0 cm³/mol. The van der Waals surface area contributed by atoms with E-state index in [2.05, 4.69) is 10.2 Å². The topological polar surface area (TPSA) is 65.1 Å². The Hall–Kier alpha value is -1.18. The Morgan fingerprint density at radius 3 is 2.78 bits per heavy atom. The lowest BCUT2D eigenvalue weighted by atomic mass is 10.1. The van der Waals surface area contributed by atoms with Gasteiger partial charge < -0.3 is 19.9 Å². The second kappa shape index (κ2) is 8.08. The lowest BCUT2D eigenvalue weighted by Gasteiger charge is -2.28. The molecule has 1 N–H and O–H groups in total. The SMILES string of the molecule is O=C1CC(C(=O)N2CCCNCC2)CN1CCN1CCOCC1. The second-order valence-electron chi connectivity index (χ2n) is 6.62. The smallest absolute Gasteiger partial charge is 0.228 e. The number of amides is 2. The summed E-state index contributed by atoms with van der Waals surface area (Å²) in [6.45, 7) is 9.01. The van der Waals surface area contributed by atoms with Crippen LogP contribution in [0.15, 0.2) is 0 Å². The van der Waals surface area contributed by atoms with E-state index in [0.717, 1.165) is 72.0 Å². The molecule has 0 spiro atoms. The fourth-order valence-electron chi connectivity index (χ4n) is 3.56. The molecular weight excluding hydrogens is 296 g/mol. The van der Waals surface area contributed by atoms with Crippen LogP contribution in [0.5, 0.6) is 0 Å². The molecule has 1 unspecified atom stereocenters. The quantitative estimate of drug-likeness (QED) is 0.718. The molecule has 0 aromatic heterocycles. The molecule has 1 atom stereocenters. The first-order valence-electron chi connectivity index (χ1n) is 8.81. The summed E-state index contributed by atoms with van der Waals surface area (Å²) in [7, 11) is 0. The van der Waals surface area contributed by atoms with Gasteiger partial charge >= 0.3 is 0 Å². The number of carbonyl (C=O) groups excluding carboxylic acids is 2. The van der Waals surface area contributed by atoms with Crippen LogP contribution >= 0.6 is 0 Å². The zero-order chi connectivity index (χ0) is 16.1. The largest absolute Gasteiger partial charge is 0.379 e. The highest BCUT2D eigenvalue weighted by Gasteiger charge is 2.36. The highest BCUT2D eigenvalue weighted by atomic mass is 16.5. The van der Waals surface area contributed by atoms with E-state index in [1.54, 1.807) is 0 Å². The van der Waals surface area contributed by atoms with Gasteiger partial charge in [-0.1, -0.05) is 0 Å². The summed E-state index contributed by atoms with van der Waals surface area (Å²) < 4.78 is 5.34. The molecule has 0 aliphatic carbocycles. The first-order chi connectivity index (χ1) is 11.2. The number of rotatable bonds is 4. The van der Waals surface area contributed by atoms with Crippen molar-refractivity contribution in [3.05, 3.63) is 0 Å². The van der Waals surface area contributed by atoms with Crippen LogP contribution in [0.4, 0.5) is 0 Å². The molecule has 3 aliphatic heterocycles. The summed E-state index contributed by atoms with van der Waals surface area (Å²) in [6, 6.07) is 0. The molecule has 3 heterocycles. The monoisotopic (exact) mass is 324 g/mol. The van der Waals surface area contributed by atoms with Crippen molar-refractivity contribution in [3.8, 4) is 0 Å². The van der Waals surface area contributed by atoms with Gasteiger partial charge in [0.05, 0.1) is 19.1 Å². The van der Waals surface area contributed by atoms with Crippen LogP contribution in [0.25, 0.3) is 0 Å². The third kappa shape index (κ3) is 4.43. The molecule has 3 saturated heterocycles. The van der Waals surface area contributed by atoms with Gasteiger partial charge in [-0.2, -0.15) is 0 Å². The van der Waals surface area contributed by atoms with E-state index in [4.69, 9.17) is 4.74 Å². The molecule has 23 heavy (non-hydrogen) atoms. The molecule has 7 nitrogen and oxygen atoms in total. The fraction of sp³-hybridized carbons (Fsp3) is 0.875. The molecule has 3 fully saturated rings. The summed E-state index contributed by atoms with van der Waals surface area (Å²) in [5, 5.41) is 3.31. The summed E-state index contributed by atoms with van der Waals surface area (Å²) >= 11 is 0. The number of ether oxygens (including phenoxy) is 1. The molecule has 0 aromatic rings. The number of carbonyl (C=O) groups is 2. The molecule has 2 amide bonds. The maximum atomic E-state index is 12.6. The highest BCUT2D eigenvalue weighted by molar-refractivity contribution is 5.89. The van der Waals surface area contributed by atoms with Crippen LogP contribution in [0.2, 0.25) is 0 Å². The van der Waals surface area contributed by atoms with Crippen LogP contribution < -0.4 is 5.32 Å². The number of nitrogens with one attached hydrogen (secondary N) is 1. The van der Waals surface area contributed by atoms with E-state index in [0.29, 0.717) is 13.0 Å². The average molecular weight is 324 g/mol. The number of hydrogen-bond donors (Lipinski definition) is 1. The van der Waals surface area contributed by atoms with Crippen molar-refractivity contribution < 1.29 is 14.3 Å². The maximum absolute atomic E-state index is 12.6. The van der Waals surface area contributed by atoms with E-state index in [-0.39, 0.29) is 17.7 Å². The van der Waals surface area contributed by atoms with Crippen molar-refractivity contribution in [2.45, 2.75) is 12.8 Å². The fourth-order valence-corrected chi connectivity index (χ4v) is 3.56. The van der Waals surface area contributed by atoms with Crippen LogP contribution in [0.3, 0.4) is 0 Å². The van der Waals surface area contributed by atoms with Gasteiger partial charge in [-0.3, -0.25) is 14.5 Å². The van der Waals surface area contributed by atoms with Crippen LogP contribution in [0, 0.1) is 5.92 Å². The van der Waals surface area contributed by atoms with Gasteiger partial charge in [0.25, 0.3) is 0 Å². The Morgan fingerprint density at radius 2 is 1.96 bits per heavy atom. The molecule has 130 valence electrons. The standard InChI is InChI=1S/C16H28N4O3/c21-15-12-14(16(22)19-4-1-2-17-3-5-19)13-20(15)7-6-18-8-10-23-11-9-18/h14,17H,1-13H2. The van der Waals surface area contributed by atoms with E-state index in [1.165, 1.54) is 0 Å². The van der Waals surface area contributed by atoms with E-state index in [1.807, 2.05) is 9.80 Å². The third-order valence-corrected chi connectivity index (χ3v) is 5.01. The van der Waals surface area contributed by atoms with Crippen molar-refractivity contribution in [2.75, 3.05) is 72.1 Å². The summed E-state index contributed by atoms with van der Waals surface area (Å²) in [5.41, 5.74) is 0. The molecule has 0 radical (unpaired) electrons. The number of likely N-dealkylation sites (tertiary alicyclic amines) is 1. The Balaban J connectivity index is 1.47. The first-order valence-corrected chi connectivity index (χ1v) is 8.81. The maximum Gasteiger partial charge on any atom is 0.228 e. The zero-order valence-electron chi connectivity index (χ0n) is 13.8. The van der Waals surface area contributed by atoms with Gasteiger partial charge in [-0.05, 0) is 13.0 Å². The number of morpholine rings is 1. The average Bonchev–Trinajstić information content (AvgIpc) is 2.78. The molecule has 7 heteroatoms. The summed E-state index contributed by atoms with van der Waals surface area (Å²) in [6.07, 6.45) is 1.37. The number of hydrogen-bond acceptors (Lipinski definition) is 5. The van der Waals surface area contributed by atoms with Crippen LogP contribution in [-0.4, -0.2) is 98.6 Å². The minimum atomic E-state index is -0.148. The molecule has 0 saturated carbocycles. The molecule has 3 rings (SSSR count). The van der Waals surface area contributed by atoms with Crippen molar-refractivity contribution >= 4 is 11.8 Å². The first kappa shape index (κ1) is 16.7. The summed E-state index contributed by atoms with van der Waals surface area (Å²) in [5.74, 6) is 0.144. The minimum Gasteiger partial charge on any atom is -0.379 e. The zero-order valence-corrected chi connectivity index (χ0v) is 13.8. The van der Waals surface area contributed by atoms with Gasteiger partial charge in [0, 0.05) is 58.8 Å². The van der Waals surface area contributed by atoms with E-state index >= 15 is 0 Å². The Kier molecular flexibility index (Phi) is 5.85. The predicted octanol–water partition coefficient (Wildman–Crippen LogP) is -1.01. The molecule has 0 aromatic carbocycles. The van der Waals surface area contributed by atoms with Crippen LogP contribution in [-0.2, 0) is 14.3 Å². The van der Waals surface area contributed by atoms with Crippen molar-refractivity contribution in [2.24, 2.45) is 5.92 Å². The van der Waals surface area contributed by atoms with Gasteiger partial charge in [0.15, 0.2) is 0 Å². The lowest BCUT2D eigenvalue weighted by molar-refractivity contribution is -0.135. The third-order valence-electron chi connectivity index (χ3n) is 5.01. The Bertz CT molecular complexity index is 418. The number of nitrogens with zero attached hydrogens (tertiary/aromatic N) is 3. The minimum absolute atomic E-state index is 0.129. The Labute approximate surface area is 137 Å². The van der Waals surface area contributed by atoms with Crippen molar-refractivity contribution in [1.29, 1.82) is 0 Å². The highest BCUT2D eigenvalue weighted by Crippen LogP contribution is 2.20. The van der Waals surface area contributed by atoms with Crippen molar-refractivity contribution in [3.63, 3.8) is 0 Å². The van der Waals surface area contributed by atoms with E-state index in [9.17, 15) is 9.59 Å². The van der Waals surface area contributed by atoms with E-state index < -0.39 is 0 Å².